The van der Waals surface area contributed by atoms with Gasteiger partial charge in [-0.15, -0.1) is 0 Å². The molecule has 0 aliphatic rings. The number of rotatable bonds is 3. The molecular weight excluding hydrogens is 410 g/mol. The van der Waals surface area contributed by atoms with Crippen molar-refractivity contribution >= 4 is 54.4 Å². The Morgan fingerprint density at radius 1 is 1.10 bits per heavy atom. The molecule has 0 bridgehead atoms. The average molecular weight is 417 g/mol. The number of nitro groups is 1. The number of benzene rings is 2. The fourth-order valence-corrected chi connectivity index (χ4v) is 3.47. The number of halogens is 2. The van der Waals surface area contributed by atoms with Crippen molar-refractivity contribution in [3.63, 3.8) is 0 Å². The van der Waals surface area contributed by atoms with Crippen LogP contribution in [0.25, 0.3) is 0 Å². The zero-order chi connectivity index (χ0) is 14.7. The lowest BCUT2D eigenvalue weighted by atomic mass is 10.2. The molecule has 102 valence electrons. The van der Waals surface area contributed by atoms with Crippen molar-refractivity contribution in [1.82, 2.24) is 0 Å². The first-order chi connectivity index (χ1) is 9.47. The van der Waals surface area contributed by atoms with Gasteiger partial charge in [0.15, 0.2) is 0 Å². The van der Waals surface area contributed by atoms with E-state index in [4.69, 9.17) is 0 Å². The third-order valence-corrected chi connectivity index (χ3v) is 4.82. The topological polar surface area (TPSA) is 60.2 Å². The quantitative estimate of drug-likeness (QED) is 0.399. The van der Waals surface area contributed by atoms with E-state index in [2.05, 4.69) is 31.9 Å². The van der Waals surface area contributed by atoms with Crippen LogP contribution < -0.4 is 0 Å². The van der Waals surface area contributed by atoms with Gasteiger partial charge in [-0.3, -0.25) is 14.9 Å². The van der Waals surface area contributed by atoms with Crippen LogP contribution in [-0.2, 0) is 0 Å². The Morgan fingerprint density at radius 3 is 2.30 bits per heavy atom. The lowest BCUT2D eigenvalue weighted by molar-refractivity contribution is -0.384. The molecule has 0 radical (unpaired) electrons. The lowest BCUT2D eigenvalue weighted by Gasteiger charge is -2.04. The molecule has 0 fully saturated rings. The van der Waals surface area contributed by atoms with Gasteiger partial charge in [0.2, 0.25) is 5.12 Å². The first-order valence-electron chi connectivity index (χ1n) is 5.39. The summed E-state index contributed by atoms with van der Waals surface area (Å²) in [5.74, 6) is 0. The monoisotopic (exact) mass is 415 g/mol. The second-order valence-electron chi connectivity index (χ2n) is 3.77. The maximum atomic E-state index is 12.1. The molecule has 20 heavy (non-hydrogen) atoms. The Balaban J connectivity index is 2.17. The van der Waals surface area contributed by atoms with Gasteiger partial charge in [-0.05, 0) is 58.0 Å². The number of hydrogen-bond donors (Lipinski definition) is 0. The SMILES string of the molecule is O=C(Sc1ccc(Br)cc1Br)c1ccc([N+](=O)[O-])cc1. The van der Waals surface area contributed by atoms with Crippen LogP contribution in [0, 0.1) is 10.1 Å². The van der Waals surface area contributed by atoms with Gasteiger partial charge in [-0.2, -0.15) is 0 Å². The molecule has 2 rings (SSSR count). The first kappa shape index (κ1) is 15.2. The minimum Gasteiger partial charge on any atom is -0.281 e. The molecule has 0 aliphatic heterocycles. The van der Waals surface area contributed by atoms with E-state index in [1.807, 2.05) is 18.2 Å². The predicted octanol–water partition coefficient (Wildman–Crippen LogP) is 5.05. The van der Waals surface area contributed by atoms with Crippen LogP contribution in [0.1, 0.15) is 10.4 Å². The smallest absolute Gasteiger partial charge is 0.269 e. The van der Waals surface area contributed by atoms with E-state index in [0.717, 1.165) is 25.6 Å². The van der Waals surface area contributed by atoms with Gasteiger partial charge in [-0.25, -0.2) is 0 Å². The van der Waals surface area contributed by atoms with Crippen LogP contribution in [0.4, 0.5) is 5.69 Å². The molecule has 0 aliphatic carbocycles. The molecule has 0 heterocycles. The van der Waals surface area contributed by atoms with E-state index in [0.29, 0.717) is 5.56 Å². The Labute approximate surface area is 136 Å². The summed E-state index contributed by atoms with van der Waals surface area (Å²) in [6.07, 6.45) is 0. The van der Waals surface area contributed by atoms with Crippen molar-refractivity contribution in [2.75, 3.05) is 0 Å². The Kier molecular flexibility index (Phi) is 4.95. The van der Waals surface area contributed by atoms with Crippen molar-refractivity contribution in [2.45, 2.75) is 4.90 Å². The van der Waals surface area contributed by atoms with E-state index >= 15 is 0 Å². The zero-order valence-corrected chi connectivity index (χ0v) is 13.9. The van der Waals surface area contributed by atoms with Crippen LogP contribution in [0.15, 0.2) is 56.3 Å². The summed E-state index contributed by atoms with van der Waals surface area (Å²) in [6, 6.07) is 11.1. The van der Waals surface area contributed by atoms with Gasteiger partial charge in [0.05, 0.1) is 4.92 Å². The van der Waals surface area contributed by atoms with Crippen LogP contribution in [0.3, 0.4) is 0 Å². The number of carbonyl (C=O) groups excluding carboxylic acids is 1. The van der Waals surface area contributed by atoms with E-state index in [1.54, 1.807) is 0 Å². The maximum Gasteiger partial charge on any atom is 0.269 e. The third-order valence-electron chi connectivity index (χ3n) is 2.41. The van der Waals surface area contributed by atoms with Crippen molar-refractivity contribution in [1.29, 1.82) is 0 Å². The number of nitrogens with zero attached hydrogens (tertiary/aromatic N) is 1. The van der Waals surface area contributed by atoms with Gasteiger partial charge < -0.3 is 0 Å². The molecular formula is C13H7Br2NO3S. The third kappa shape index (κ3) is 3.68. The van der Waals surface area contributed by atoms with Crippen LogP contribution >= 0.6 is 43.6 Å². The van der Waals surface area contributed by atoms with Gasteiger partial charge >= 0.3 is 0 Å². The standard InChI is InChI=1S/C13H7Br2NO3S/c14-9-3-6-12(11(15)7-9)20-13(17)8-1-4-10(5-2-8)16(18)19/h1-7H. The average Bonchev–Trinajstić information content (AvgIpc) is 2.42. The molecule has 0 saturated carbocycles. The fraction of sp³-hybridized carbons (Fsp3) is 0. The number of thioether (sulfide) groups is 1. The summed E-state index contributed by atoms with van der Waals surface area (Å²) in [7, 11) is 0. The minimum atomic E-state index is -0.493. The van der Waals surface area contributed by atoms with Crippen LogP contribution in [0.2, 0.25) is 0 Å². The second-order valence-corrected chi connectivity index (χ2v) is 6.55. The van der Waals surface area contributed by atoms with Gasteiger partial charge in [0, 0.05) is 31.5 Å². The molecule has 2 aromatic carbocycles. The molecule has 0 amide bonds. The summed E-state index contributed by atoms with van der Waals surface area (Å²) in [6.45, 7) is 0. The lowest BCUT2D eigenvalue weighted by Crippen LogP contribution is -1.95. The zero-order valence-electron chi connectivity index (χ0n) is 9.88. The molecule has 0 unspecified atom stereocenters. The molecule has 0 N–H and O–H groups in total. The van der Waals surface area contributed by atoms with Crippen molar-refractivity contribution in [3.8, 4) is 0 Å². The van der Waals surface area contributed by atoms with E-state index in [9.17, 15) is 14.9 Å². The van der Waals surface area contributed by atoms with Crippen molar-refractivity contribution < 1.29 is 9.72 Å². The minimum absolute atomic E-state index is 0.0311. The molecule has 0 atom stereocenters. The summed E-state index contributed by atoms with van der Waals surface area (Å²) in [4.78, 5) is 22.9. The first-order valence-corrected chi connectivity index (χ1v) is 7.79. The predicted molar refractivity (Wildman–Crippen MR) is 85.1 cm³/mol. The Hall–Kier alpha value is -1.18. The highest BCUT2D eigenvalue weighted by Crippen LogP contribution is 2.32. The number of nitro benzene ring substituents is 1. The van der Waals surface area contributed by atoms with Crippen molar-refractivity contribution in [2.24, 2.45) is 0 Å². The molecule has 0 spiro atoms. The molecule has 0 aromatic heterocycles. The Bertz CT molecular complexity index is 674. The molecule has 7 heteroatoms. The molecule has 4 nitrogen and oxygen atoms in total. The molecule has 2 aromatic rings. The van der Waals surface area contributed by atoms with E-state index in [1.165, 1.54) is 24.3 Å². The highest BCUT2D eigenvalue weighted by atomic mass is 79.9. The number of hydrogen-bond acceptors (Lipinski definition) is 4. The second kappa shape index (κ2) is 6.51. The van der Waals surface area contributed by atoms with E-state index in [-0.39, 0.29) is 10.8 Å². The van der Waals surface area contributed by atoms with Crippen LogP contribution in [-0.4, -0.2) is 10.0 Å². The fourth-order valence-electron chi connectivity index (χ4n) is 1.44. The van der Waals surface area contributed by atoms with Gasteiger partial charge in [0.1, 0.15) is 0 Å². The normalized spacial score (nSPS) is 10.3. The Morgan fingerprint density at radius 2 is 1.75 bits per heavy atom. The van der Waals surface area contributed by atoms with Gasteiger partial charge in [-0.1, -0.05) is 15.9 Å². The van der Waals surface area contributed by atoms with E-state index < -0.39 is 4.92 Å². The highest BCUT2D eigenvalue weighted by molar-refractivity contribution is 9.11. The maximum absolute atomic E-state index is 12.1. The summed E-state index contributed by atoms with van der Waals surface area (Å²) < 4.78 is 1.73. The summed E-state index contributed by atoms with van der Waals surface area (Å²) >= 11 is 7.80. The van der Waals surface area contributed by atoms with Gasteiger partial charge in [0.25, 0.3) is 5.69 Å². The van der Waals surface area contributed by atoms with Crippen LogP contribution in [0.5, 0.6) is 0 Å². The summed E-state index contributed by atoms with van der Waals surface area (Å²) in [5.41, 5.74) is 0.395. The number of carbonyl (C=O) groups is 1. The number of non-ortho nitro benzene ring substituents is 1. The van der Waals surface area contributed by atoms with Crippen molar-refractivity contribution in [3.05, 3.63) is 67.1 Å². The largest absolute Gasteiger partial charge is 0.281 e. The summed E-state index contributed by atoms with van der Waals surface area (Å²) in [5, 5.41) is 10.4. The molecule has 0 saturated heterocycles. The highest BCUT2D eigenvalue weighted by Gasteiger charge is 2.12.